The molecule has 10 nitrogen and oxygen atoms in total. The second-order valence-electron chi connectivity index (χ2n) is 8.00. The van der Waals surface area contributed by atoms with Gasteiger partial charge in [-0.15, -0.1) is 0 Å². The van der Waals surface area contributed by atoms with Gasteiger partial charge < -0.3 is 30.6 Å². The molecule has 0 unspecified atom stereocenters. The van der Waals surface area contributed by atoms with E-state index in [9.17, 15) is 14.4 Å². The van der Waals surface area contributed by atoms with Crippen molar-refractivity contribution in [3.05, 3.63) is 30.3 Å². The second kappa shape index (κ2) is 10.6. The Balaban J connectivity index is 0.000000229. The third-order valence-corrected chi connectivity index (χ3v) is 5.91. The summed E-state index contributed by atoms with van der Waals surface area (Å²) in [7, 11) is 0. The molecule has 31 heavy (non-hydrogen) atoms. The average molecular weight is 434 g/mol. The van der Waals surface area contributed by atoms with Crippen LogP contribution < -0.4 is 15.5 Å². The molecule has 3 aliphatic heterocycles. The van der Waals surface area contributed by atoms with Crippen LogP contribution in [0.1, 0.15) is 12.8 Å². The molecule has 1 aromatic carbocycles. The Labute approximate surface area is 181 Å². The van der Waals surface area contributed by atoms with Crippen LogP contribution in [0.15, 0.2) is 30.3 Å². The van der Waals surface area contributed by atoms with Gasteiger partial charge in [-0.05, 0) is 38.1 Å². The van der Waals surface area contributed by atoms with E-state index in [0.717, 1.165) is 45.0 Å². The number of para-hydroxylation sites is 1. The normalized spacial score (nSPS) is 21.0. The fraction of sp³-hybridized carbons (Fsp3) is 0.571. The molecule has 3 heterocycles. The highest BCUT2D eigenvalue weighted by Gasteiger charge is 2.53. The molecule has 0 bridgehead atoms. The zero-order valence-electron chi connectivity index (χ0n) is 17.6. The van der Waals surface area contributed by atoms with E-state index < -0.39 is 17.5 Å². The standard InChI is InChI=1S/C15H19N3O3.C6H12N2O2/c19-13(20)10-17-11-18(12-4-2-1-3-5-12)15(14(17)21)6-8-16-9-7-15;9-6(10)5-8-3-1-7-2-4-8/h1-5,16H,6-11H2,(H,19,20);7H,1-5H2,(H,9,10). The number of piperidine rings is 1. The van der Waals surface area contributed by atoms with Crippen molar-refractivity contribution in [2.75, 3.05) is 63.9 Å². The minimum absolute atomic E-state index is 0.0600. The molecule has 4 rings (SSSR count). The number of nitrogens with one attached hydrogen (secondary N) is 2. The molecule has 10 heteroatoms. The predicted molar refractivity (Wildman–Crippen MR) is 115 cm³/mol. The third-order valence-electron chi connectivity index (χ3n) is 5.91. The van der Waals surface area contributed by atoms with E-state index in [2.05, 4.69) is 15.5 Å². The molecule has 170 valence electrons. The smallest absolute Gasteiger partial charge is 0.323 e. The van der Waals surface area contributed by atoms with Crippen molar-refractivity contribution in [2.45, 2.75) is 18.4 Å². The molecule has 0 aromatic heterocycles. The van der Waals surface area contributed by atoms with Crippen molar-refractivity contribution in [3.8, 4) is 0 Å². The number of carbonyl (C=O) groups excluding carboxylic acids is 1. The number of amides is 1. The first kappa shape index (κ1) is 23.0. The molecule has 0 atom stereocenters. The van der Waals surface area contributed by atoms with Gasteiger partial charge in [-0.3, -0.25) is 19.3 Å². The summed E-state index contributed by atoms with van der Waals surface area (Å²) in [6.45, 7) is 5.36. The van der Waals surface area contributed by atoms with Gasteiger partial charge in [0.15, 0.2) is 0 Å². The minimum atomic E-state index is -0.970. The Morgan fingerprint density at radius 1 is 0.903 bits per heavy atom. The molecule has 1 amide bonds. The molecule has 1 aromatic rings. The molecule has 3 aliphatic rings. The van der Waals surface area contributed by atoms with Crippen molar-refractivity contribution >= 4 is 23.5 Å². The Morgan fingerprint density at radius 2 is 1.48 bits per heavy atom. The Hall–Kier alpha value is -2.69. The van der Waals surface area contributed by atoms with Crippen LogP contribution in [0.5, 0.6) is 0 Å². The Kier molecular flexibility index (Phi) is 7.83. The van der Waals surface area contributed by atoms with E-state index in [1.807, 2.05) is 35.2 Å². The molecule has 3 fully saturated rings. The summed E-state index contributed by atoms with van der Waals surface area (Å²) in [6.07, 6.45) is 1.41. The van der Waals surface area contributed by atoms with Crippen LogP contribution >= 0.6 is 0 Å². The minimum Gasteiger partial charge on any atom is -0.480 e. The molecule has 3 saturated heterocycles. The van der Waals surface area contributed by atoms with Crippen molar-refractivity contribution in [2.24, 2.45) is 0 Å². The number of carboxylic acid groups (broad SMARTS) is 2. The first-order valence-corrected chi connectivity index (χ1v) is 10.6. The summed E-state index contributed by atoms with van der Waals surface area (Å²) < 4.78 is 0. The first-order valence-electron chi connectivity index (χ1n) is 10.6. The van der Waals surface area contributed by atoms with Gasteiger partial charge in [-0.2, -0.15) is 0 Å². The van der Waals surface area contributed by atoms with Gasteiger partial charge in [-0.25, -0.2) is 0 Å². The zero-order valence-corrected chi connectivity index (χ0v) is 17.6. The van der Waals surface area contributed by atoms with Crippen molar-refractivity contribution < 1.29 is 24.6 Å². The number of aliphatic carboxylic acids is 2. The van der Waals surface area contributed by atoms with Gasteiger partial charge in [0, 0.05) is 31.9 Å². The SMILES string of the molecule is O=C(O)CN1CCNCC1.O=C(O)CN1CN(c2ccccc2)C2(CCNCC2)C1=O. The van der Waals surface area contributed by atoms with Gasteiger partial charge >= 0.3 is 11.9 Å². The van der Waals surface area contributed by atoms with E-state index in [4.69, 9.17) is 10.2 Å². The summed E-state index contributed by atoms with van der Waals surface area (Å²) in [5.41, 5.74) is 0.378. The second-order valence-corrected chi connectivity index (χ2v) is 8.00. The number of carbonyl (C=O) groups is 3. The fourth-order valence-corrected chi connectivity index (χ4v) is 4.39. The quantitative estimate of drug-likeness (QED) is 0.485. The maximum Gasteiger partial charge on any atom is 0.323 e. The highest BCUT2D eigenvalue weighted by atomic mass is 16.4. The van der Waals surface area contributed by atoms with E-state index >= 15 is 0 Å². The maximum atomic E-state index is 12.8. The van der Waals surface area contributed by atoms with Crippen molar-refractivity contribution in [1.82, 2.24) is 20.4 Å². The zero-order chi connectivity index (χ0) is 22.3. The number of hydrogen-bond donors (Lipinski definition) is 4. The number of piperazine rings is 1. The van der Waals surface area contributed by atoms with Gasteiger partial charge in [-0.1, -0.05) is 18.2 Å². The molecular formula is C21H31N5O5. The Bertz CT molecular complexity index is 763. The van der Waals surface area contributed by atoms with E-state index in [-0.39, 0.29) is 19.0 Å². The van der Waals surface area contributed by atoms with Gasteiger partial charge in [0.25, 0.3) is 5.91 Å². The molecule has 0 aliphatic carbocycles. The van der Waals surface area contributed by atoms with Crippen LogP contribution in [0.2, 0.25) is 0 Å². The summed E-state index contributed by atoms with van der Waals surface area (Å²) in [5, 5.41) is 23.8. The molecule has 0 radical (unpaired) electrons. The van der Waals surface area contributed by atoms with Gasteiger partial charge in [0.1, 0.15) is 12.1 Å². The summed E-state index contributed by atoms with van der Waals surface area (Å²) in [5.74, 6) is -1.76. The Morgan fingerprint density at radius 3 is 2.06 bits per heavy atom. The number of rotatable bonds is 5. The van der Waals surface area contributed by atoms with E-state index in [1.54, 1.807) is 0 Å². The van der Waals surface area contributed by atoms with Crippen LogP contribution in [0, 0.1) is 0 Å². The predicted octanol–water partition coefficient (Wildman–Crippen LogP) is -0.524. The van der Waals surface area contributed by atoms with Gasteiger partial charge in [0.05, 0.1) is 13.2 Å². The molecule has 4 N–H and O–H groups in total. The number of carboxylic acids is 2. The van der Waals surface area contributed by atoms with Crippen LogP contribution in [0.3, 0.4) is 0 Å². The third kappa shape index (κ3) is 5.72. The first-order chi connectivity index (χ1) is 14.9. The maximum absolute atomic E-state index is 12.8. The lowest BCUT2D eigenvalue weighted by atomic mass is 9.86. The van der Waals surface area contributed by atoms with Crippen LogP contribution in [0.25, 0.3) is 0 Å². The lowest BCUT2D eigenvalue weighted by molar-refractivity contribution is -0.144. The highest BCUT2D eigenvalue weighted by Crippen LogP contribution is 2.37. The largest absolute Gasteiger partial charge is 0.480 e. The number of nitrogens with zero attached hydrogens (tertiary/aromatic N) is 3. The number of benzene rings is 1. The summed E-state index contributed by atoms with van der Waals surface area (Å²) >= 11 is 0. The van der Waals surface area contributed by atoms with Crippen LogP contribution in [0.4, 0.5) is 5.69 Å². The van der Waals surface area contributed by atoms with Crippen molar-refractivity contribution in [3.63, 3.8) is 0 Å². The van der Waals surface area contributed by atoms with Crippen LogP contribution in [-0.4, -0.2) is 102 Å². The number of anilines is 1. The van der Waals surface area contributed by atoms with Gasteiger partial charge in [0.2, 0.25) is 0 Å². The monoisotopic (exact) mass is 433 g/mol. The molecular weight excluding hydrogens is 402 g/mol. The topological polar surface area (TPSA) is 125 Å². The van der Waals surface area contributed by atoms with E-state index in [1.165, 1.54) is 4.90 Å². The summed E-state index contributed by atoms with van der Waals surface area (Å²) in [6, 6.07) is 9.76. The lowest BCUT2D eigenvalue weighted by Gasteiger charge is -2.40. The molecule has 1 spiro atoms. The lowest BCUT2D eigenvalue weighted by Crippen LogP contribution is -2.55. The highest BCUT2D eigenvalue weighted by molar-refractivity contribution is 5.95. The summed E-state index contributed by atoms with van der Waals surface area (Å²) in [4.78, 5) is 39.4. The van der Waals surface area contributed by atoms with Crippen molar-refractivity contribution in [1.29, 1.82) is 0 Å². The fourth-order valence-electron chi connectivity index (χ4n) is 4.39. The van der Waals surface area contributed by atoms with E-state index in [0.29, 0.717) is 19.5 Å². The van der Waals surface area contributed by atoms with Crippen LogP contribution in [-0.2, 0) is 14.4 Å². The molecule has 0 saturated carbocycles. The number of hydrogen-bond acceptors (Lipinski definition) is 7. The average Bonchev–Trinajstić information content (AvgIpc) is 3.01.